The molecule has 0 amide bonds. The van der Waals surface area contributed by atoms with Crippen molar-refractivity contribution in [2.75, 3.05) is 11.4 Å². The summed E-state index contributed by atoms with van der Waals surface area (Å²) in [5.41, 5.74) is 3.61. The van der Waals surface area contributed by atoms with Crippen molar-refractivity contribution in [3.8, 4) is 0 Å². The van der Waals surface area contributed by atoms with Crippen LogP contribution in [0.1, 0.15) is 23.4 Å². The van der Waals surface area contributed by atoms with Crippen LogP contribution in [-0.4, -0.2) is 26.0 Å². The van der Waals surface area contributed by atoms with E-state index in [0.29, 0.717) is 17.3 Å². The second-order valence-electron chi connectivity index (χ2n) is 5.60. The number of nitrogens with zero attached hydrogens (tertiary/aromatic N) is 4. The molecule has 2 aromatic rings. The van der Waals surface area contributed by atoms with Gasteiger partial charge in [0.1, 0.15) is 13.3 Å². The molecule has 2 heterocycles. The number of fused-ring (bicyclic) bond motifs is 1. The number of aryl methyl sites for hydroxylation is 1. The van der Waals surface area contributed by atoms with Crippen molar-refractivity contribution in [1.82, 2.24) is 14.3 Å². The molecule has 118 valence electrons. The Balaban J connectivity index is 1.99. The zero-order chi connectivity index (χ0) is 15.9. The first kappa shape index (κ1) is 15.5. The minimum Gasteiger partial charge on any atom is -0.388 e. The summed E-state index contributed by atoms with van der Waals surface area (Å²) in [6.07, 6.45) is 2.17. The Morgan fingerprint density at radius 3 is 2.86 bits per heavy atom. The summed E-state index contributed by atoms with van der Waals surface area (Å²) in [4.78, 5) is 2.27. The zero-order valence-corrected chi connectivity index (χ0v) is 14.3. The standard InChI is InChI=1S/C15H19ClN4OS/c1-10-12(16)6-5-11-4-3-7-19(14(10)11)9-20-15(22)18(2)13(8-21)17-20/h5-6,21H,3-4,7-9H2,1-2H3. The highest BCUT2D eigenvalue weighted by molar-refractivity contribution is 7.71. The highest BCUT2D eigenvalue weighted by Gasteiger charge is 2.21. The van der Waals surface area contributed by atoms with Crippen LogP contribution in [0.15, 0.2) is 12.1 Å². The molecule has 0 bridgehead atoms. The van der Waals surface area contributed by atoms with Crippen LogP contribution in [0.25, 0.3) is 0 Å². The summed E-state index contributed by atoms with van der Waals surface area (Å²) in [5, 5.41) is 14.5. The van der Waals surface area contributed by atoms with E-state index < -0.39 is 0 Å². The summed E-state index contributed by atoms with van der Waals surface area (Å²) < 4.78 is 4.11. The first-order valence-corrected chi connectivity index (χ1v) is 8.08. The smallest absolute Gasteiger partial charge is 0.199 e. The van der Waals surface area contributed by atoms with E-state index in [1.54, 1.807) is 9.25 Å². The van der Waals surface area contributed by atoms with Crippen LogP contribution < -0.4 is 4.90 Å². The SMILES string of the molecule is Cc1c(Cl)ccc2c1N(Cn1nc(CO)n(C)c1=S)CCC2. The van der Waals surface area contributed by atoms with Crippen LogP contribution in [0.3, 0.4) is 0 Å². The Morgan fingerprint density at radius 1 is 1.41 bits per heavy atom. The lowest BCUT2D eigenvalue weighted by Crippen LogP contribution is -2.32. The molecule has 0 saturated heterocycles. The Bertz CT molecular complexity index is 768. The molecule has 0 atom stereocenters. The van der Waals surface area contributed by atoms with E-state index in [-0.39, 0.29) is 6.61 Å². The lowest BCUT2D eigenvalue weighted by atomic mass is 9.98. The molecular formula is C15H19ClN4OS. The molecule has 22 heavy (non-hydrogen) atoms. The Hall–Kier alpha value is -1.37. The van der Waals surface area contributed by atoms with Gasteiger partial charge < -0.3 is 14.6 Å². The lowest BCUT2D eigenvalue weighted by molar-refractivity contribution is 0.265. The van der Waals surface area contributed by atoms with Crippen molar-refractivity contribution >= 4 is 29.5 Å². The van der Waals surface area contributed by atoms with Crippen molar-refractivity contribution < 1.29 is 5.11 Å². The fraction of sp³-hybridized carbons (Fsp3) is 0.467. The van der Waals surface area contributed by atoms with Crippen LogP contribution in [0, 0.1) is 11.7 Å². The van der Waals surface area contributed by atoms with E-state index in [2.05, 4.69) is 23.0 Å². The van der Waals surface area contributed by atoms with E-state index in [4.69, 9.17) is 23.8 Å². The monoisotopic (exact) mass is 338 g/mol. The third-order valence-corrected chi connectivity index (χ3v) is 5.11. The molecule has 1 aliphatic rings. The van der Waals surface area contributed by atoms with Gasteiger partial charge in [0.15, 0.2) is 10.6 Å². The van der Waals surface area contributed by atoms with Gasteiger partial charge in [-0.3, -0.25) is 0 Å². The number of benzene rings is 1. The van der Waals surface area contributed by atoms with Gasteiger partial charge in [-0.15, -0.1) is 0 Å². The number of aliphatic hydroxyl groups is 1. The fourth-order valence-electron chi connectivity index (χ4n) is 3.01. The van der Waals surface area contributed by atoms with E-state index in [1.165, 1.54) is 11.3 Å². The minimum atomic E-state index is -0.116. The highest BCUT2D eigenvalue weighted by atomic mass is 35.5. The molecule has 0 aliphatic carbocycles. The topological polar surface area (TPSA) is 46.2 Å². The van der Waals surface area contributed by atoms with Gasteiger partial charge in [-0.05, 0) is 49.2 Å². The maximum Gasteiger partial charge on any atom is 0.199 e. The van der Waals surface area contributed by atoms with Crippen LogP contribution >= 0.6 is 23.8 Å². The van der Waals surface area contributed by atoms with Gasteiger partial charge in [0.05, 0.1) is 0 Å². The fourth-order valence-corrected chi connectivity index (χ4v) is 3.37. The molecule has 0 spiro atoms. The highest BCUT2D eigenvalue weighted by Crippen LogP contribution is 2.34. The van der Waals surface area contributed by atoms with Crippen molar-refractivity contribution in [1.29, 1.82) is 0 Å². The number of hydrogen-bond donors (Lipinski definition) is 1. The average molecular weight is 339 g/mol. The van der Waals surface area contributed by atoms with Crippen molar-refractivity contribution in [3.05, 3.63) is 38.9 Å². The van der Waals surface area contributed by atoms with E-state index in [0.717, 1.165) is 30.0 Å². The summed E-state index contributed by atoms with van der Waals surface area (Å²) in [6, 6.07) is 4.07. The quantitative estimate of drug-likeness (QED) is 0.874. The predicted octanol–water partition coefficient (Wildman–Crippen LogP) is 2.82. The van der Waals surface area contributed by atoms with Crippen LogP contribution in [-0.2, 0) is 26.7 Å². The van der Waals surface area contributed by atoms with Gasteiger partial charge in [-0.25, -0.2) is 4.68 Å². The average Bonchev–Trinajstić information content (AvgIpc) is 2.79. The number of halogens is 1. The molecule has 5 nitrogen and oxygen atoms in total. The van der Waals surface area contributed by atoms with E-state index >= 15 is 0 Å². The van der Waals surface area contributed by atoms with Crippen molar-refractivity contribution in [3.63, 3.8) is 0 Å². The molecule has 1 aliphatic heterocycles. The molecule has 3 rings (SSSR count). The van der Waals surface area contributed by atoms with Crippen molar-refractivity contribution in [2.24, 2.45) is 7.05 Å². The second kappa shape index (κ2) is 6.02. The number of aliphatic hydroxyl groups excluding tert-OH is 1. The van der Waals surface area contributed by atoms with Gasteiger partial charge in [0, 0.05) is 24.3 Å². The number of hydrogen-bond acceptors (Lipinski definition) is 4. The first-order valence-electron chi connectivity index (χ1n) is 7.29. The lowest BCUT2D eigenvalue weighted by Gasteiger charge is -2.32. The summed E-state index contributed by atoms with van der Waals surface area (Å²) in [5.74, 6) is 0.574. The Labute approximate surface area is 139 Å². The summed E-state index contributed by atoms with van der Waals surface area (Å²) in [7, 11) is 1.82. The van der Waals surface area contributed by atoms with Crippen LogP contribution in [0.5, 0.6) is 0 Å². The molecule has 0 fully saturated rings. The maximum atomic E-state index is 9.33. The molecular weight excluding hydrogens is 320 g/mol. The largest absolute Gasteiger partial charge is 0.388 e. The molecule has 0 saturated carbocycles. The molecule has 0 radical (unpaired) electrons. The van der Waals surface area contributed by atoms with Gasteiger partial charge in [-0.2, -0.15) is 5.10 Å². The molecule has 7 heteroatoms. The van der Waals surface area contributed by atoms with E-state index in [1.807, 2.05) is 13.1 Å². The van der Waals surface area contributed by atoms with Gasteiger partial charge in [-0.1, -0.05) is 17.7 Å². The Kier molecular flexibility index (Phi) is 4.25. The molecule has 0 unspecified atom stereocenters. The summed E-state index contributed by atoms with van der Waals surface area (Å²) >= 11 is 11.7. The number of anilines is 1. The molecule has 1 aromatic heterocycles. The molecule has 1 aromatic carbocycles. The third kappa shape index (κ3) is 2.55. The molecule has 1 N–H and O–H groups in total. The van der Waals surface area contributed by atoms with Crippen LogP contribution in [0.4, 0.5) is 5.69 Å². The van der Waals surface area contributed by atoms with Gasteiger partial charge in [0.2, 0.25) is 0 Å². The second-order valence-corrected chi connectivity index (χ2v) is 6.38. The minimum absolute atomic E-state index is 0.116. The number of aromatic nitrogens is 3. The van der Waals surface area contributed by atoms with Gasteiger partial charge >= 0.3 is 0 Å². The Morgan fingerprint density at radius 2 is 2.18 bits per heavy atom. The maximum absolute atomic E-state index is 9.33. The van der Waals surface area contributed by atoms with Crippen LogP contribution in [0.2, 0.25) is 5.02 Å². The van der Waals surface area contributed by atoms with Crippen molar-refractivity contribution in [2.45, 2.75) is 33.0 Å². The third-order valence-electron chi connectivity index (χ3n) is 4.22. The number of rotatable bonds is 3. The normalized spacial score (nSPS) is 14.3. The first-order chi connectivity index (χ1) is 10.5. The zero-order valence-electron chi connectivity index (χ0n) is 12.7. The van der Waals surface area contributed by atoms with E-state index in [9.17, 15) is 5.11 Å². The summed E-state index contributed by atoms with van der Waals surface area (Å²) in [6.45, 7) is 3.45. The predicted molar refractivity (Wildman–Crippen MR) is 89.8 cm³/mol. The van der Waals surface area contributed by atoms with Gasteiger partial charge in [0.25, 0.3) is 0 Å².